The molecule has 0 aromatic carbocycles. The zero-order valence-corrected chi connectivity index (χ0v) is 9.20. The maximum absolute atomic E-state index is 5.69. The van der Waals surface area contributed by atoms with Gasteiger partial charge in [-0.05, 0) is 12.8 Å². The minimum Gasteiger partial charge on any atom is -0.495 e. The molecule has 3 heteroatoms. The molecule has 1 saturated carbocycles. The van der Waals surface area contributed by atoms with E-state index in [-0.39, 0.29) is 0 Å². The molecule has 0 saturated heterocycles. The Morgan fingerprint density at radius 2 is 2.07 bits per heavy atom. The molecule has 2 N–H and O–H groups in total. The zero-order chi connectivity index (χ0) is 10.7. The second-order valence-corrected chi connectivity index (χ2v) is 4.19. The van der Waals surface area contributed by atoms with E-state index in [4.69, 9.17) is 10.5 Å². The molecule has 0 radical (unpaired) electrons. The molecular formula is C12H18N2O. The van der Waals surface area contributed by atoms with Gasteiger partial charge in [0.2, 0.25) is 0 Å². The standard InChI is InChI=1S/C12H18N2O/c1-15-11-7-10(13)8-14-12(11)9-5-3-2-4-6-9/h7-9H,2-6,13H2,1H3. The van der Waals surface area contributed by atoms with Crippen molar-refractivity contribution in [3.63, 3.8) is 0 Å². The van der Waals surface area contributed by atoms with Crippen LogP contribution in [0, 0.1) is 0 Å². The SMILES string of the molecule is COc1cc(N)cnc1C1CCCCC1. The van der Waals surface area contributed by atoms with E-state index in [1.807, 2.05) is 6.07 Å². The Morgan fingerprint density at radius 3 is 2.73 bits per heavy atom. The van der Waals surface area contributed by atoms with Gasteiger partial charge in [0, 0.05) is 12.0 Å². The molecule has 1 heterocycles. The van der Waals surface area contributed by atoms with Crippen LogP contribution in [-0.4, -0.2) is 12.1 Å². The van der Waals surface area contributed by atoms with Crippen molar-refractivity contribution in [1.82, 2.24) is 4.98 Å². The number of nitrogens with zero attached hydrogens (tertiary/aromatic N) is 1. The van der Waals surface area contributed by atoms with Gasteiger partial charge in [0.05, 0.1) is 24.7 Å². The van der Waals surface area contributed by atoms with Crippen LogP contribution in [0.1, 0.15) is 43.7 Å². The van der Waals surface area contributed by atoms with Gasteiger partial charge in [0.15, 0.2) is 0 Å². The third-order valence-corrected chi connectivity index (χ3v) is 3.11. The van der Waals surface area contributed by atoms with Crippen LogP contribution in [0.3, 0.4) is 0 Å². The van der Waals surface area contributed by atoms with Gasteiger partial charge in [0.25, 0.3) is 0 Å². The fraction of sp³-hybridized carbons (Fsp3) is 0.583. The first-order valence-electron chi connectivity index (χ1n) is 5.60. The van der Waals surface area contributed by atoms with Crippen LogP contribution in [0.2, 0.25) is 0 Å². The molecular weight excluding hydrogens is 188 g/mol. The molecule has 1 aromatic rings. The topological polar surface area (TPSA) is 48.1 Å². The predicted octanol–water partition coefficient (Wildman–Crippen LogP) is 2.72. The quantitative estimate of drug-likeness (QED) is 0.809. The fourth-order valence-corrected chi connectivity index (χ4v) is 2.32. The molecule has 1 aromatic heterocycles. The summed E-state index contributed by atoms with van der Waals surface area (Å²) in [5.74, 6) is 1.41. The molecule has 0 atom stereocenters. The minimum absolute atomic E-state index is 0.564. The largest absolute Gasteiger partial charge is 0.495 e. The van der Waals surface area contributed by atoms with Gasteiger partial charge >= 0.3 is 0 Å². The van der Waals surface area contributed by atoms with Gasteiger partial charge in [-0.15, -0.1) is 0 Å². The molecule has 1 fully saturated rings. The summed E-state index contributed by atoms with van der Waals surface area (Å²) in [6, 6.07) is 1.87. The van der Waals surface area contributed by atoms with E-state index in [1.54, 1.807) is 13.3 Å². The van der Waals surface area contributed by atoms with E-state index in [1.165, 1.54) is 32.1 Å². The number of aromatic nitrogens is 1. The second-order valence-electron chi connectivity index (χ2n) is 4.19. The first kappa shape index (κ1) is 10.3. The highest BCUT2D eigenvalue weighted by Gasteiger charge is 2.20. The molecule has 0 bridgehead atoms. The lowest BCUT2D eigenvalue weighted by molar-refractivity contribution is 0.381. The molecule has 0 amide bonds. The normalized spacial score (nSPS) is 17.7. The van der Waals surface area contributed by atoms with Gasteiger partial charge in [-0.2, -0.15) is 0 Å². The smallest absolute Gasteiger partial charge is 0.142 e. The number of nitrogen functional groups attached to an aromatic ring is 1. The number of rotatable bonds is 2. The van der Waals surface area contributed by atoms with Crippen LogP contribution < -0.4 is 10.5 Å². The lowest BCUT2D eigenvalue weighted by Gasteiger charge is -2.22. The predicted molar refractivity (Wildman–Crippen MR) is 61.0 cm³/mol. The number of methoxy groups -OCH3 is 1. The summed E-state index contributed by atoms with van der Waals surface area (Å²) in [7, 11) is 1.68. The summed E-state index contributed by atoms with van der Waals surface area (Å²) in [4.78, 5) is 4.42. The van der Waals surface area contributed by atoms with Crippen LogP contribution in [0.5, 0.6) is 5.75 Å². The van der Waals surface area contributed by atoms with Crippen LogP contribution in [0.15, 0.2) is 12.3 Å². The lowest BCUT2D eigenvalue weighted by atomic mass is 9.86. The number of anilines is 1. The maximum atomic E-state index is 5.69. The van der Waals surface area contributed by atoms with Crippen molar-refractivity contribution in [3.05, 3.63) is 18.0 Å². The average molecular weight is 206 g/mol. The molecule has 2 rings (SSSR count). The van der Waals surface area contributed by atoms with Gasteiger partial charge < -0.3 is 10.5 Å². The highest BCUT2D eigenvalue weighted by atomic mass is 16.5. The maximum Gasteiger partial charge on any atom is 0.142 e. The average Bonchev–Trinajstić information content (AvgIpc) is 2.30. The lowest BCUT2D eigenvalue weighted by Crippen LogP contribution is -2.08. The molecule has 0 aliphatic heterocycles. The third-order valence-electron chi connectivity index (χ3n) is 3.11. The van der Waals surface area contributed by atoms with Crippen molar-refractivity contribution < 1.29 is 4.74 Å². The Labute approximate surface area is 90.7 Å². The monoisotopic (exact) mass is 206 g/mol. The van der Waals surface area contributed by atoms with E-state index in [0.717, 1.165) is 11.4 Å². The van der Waals surface area contributed by atoms with Crippen molar-refractivity contribution >= 4 is 5.69 Å². The summed E-state index contributed by atoms with van der Waals surface area (Å²) >= 11 is 0. The second kappa shape index (κ2) is 4.51. The molecule has 15 heavy (non-hydrogen) atoms. The first-order valence-corrected chi connectivity index (χ1v) is 5.60. The van der Waals surface area contributed by atoms with E-state index < -0.39 is 0 Å². The molecule has 0 spiro atoms. The summed E-state index contributed by atoms with van der Waals surface area (Å²) < 4.78 is 5.34. The third kappa shape index (κ3) is 2.22. The highest BCUT2D eigenvalue weighted by molar-refractivity contribution is 5.45. The number of hydrogen-bond acceptors (Lipinski definition) is 3. The van der Waals surface area contributed by atoms with Gasteiger partial charge in [-0.1, -0.05) is 19.3 Å². The molecule has 82 valence electrons. The Kier molecular flexibility index (Phi) is 3.09. The Bertz CT molecular complexity index is 332. The van der Waals surface area contributed by atoms with Crippen molar-refractivity contribution in [3.8, 4) is 5.75 Å². The van der Waals surface area contributed by atoms with E-state index >= 15 is 0 Å². The van der Waals surface area contributed by atoms with Crippen molar-refractivity contribution in [1.29, 1.82) is 0 Å². The fourth-order valence-electron chi connectivity index (χ4n) is 2.32. The summed E-state index contributed by atoms with van der Waals surface area (Å²) in [6.45, 7) is 0. The molecule has 1 aliphatic carbocycles. The Morgan fingerprint density at radius 1 is 1.33 bits per heavy atom. The summed E-state index contributed by atoms with van der Waals surface area (Å²) in [6.07, 6.45) is 8.15. The summed E-state index contributed by atoms with van der Waals surface area (Å²) in [5, 5.41) is 0. The van der Waals surface area contributed by atoms with Crippen molar-refractivity contribution in [2.75, 3.05) is 12.8 Å². The first-order chi connectivity index (χ1) is 7.31. The van der Waals surface area contributed by atoms with E-state index in [9.17, 15) is 0 Å². The number of hydrogen-bond donors (Lipinski definition) is 1. The van der Waals surface area contributed by atoms with E-state index in [0.29, 0.717) is 11.6 Å². The number of pyridine rings is 1. The van der Waals surface area contributed by atoms with Gasteiger partial charge in [-0.25, -0.2) is 0 Å². The van der Waals surface area contributed by atoms with Crippen LogP contribution in [0.4, 0.5) is 5.69 Å². The van der Waals surface area contributed by atoms with Gasteiger partial charge in [-0.3, -0.25) is 4.98 Å². The highest BCUT2D eigenvalue weighted by Crippen LogP contribution is 2.36. The molecule has 3 nitrogen and oxygen atoms in total. The summed E-state index contributed by atoms with van der Waals surface area (Å²) in [5.41, 5.74) is 7.45. The van der Waals surface area contributed by atoms with E-state index in [2.05, 4.69) is 4.98 Å². The Balaban J connectivity index is 2.25. The van der Waals surface area contributed by atoms with Crippen LogP contribution >= 0.6 is 0 Å². The van der Waals surface area contributed by atoms with Gasteiger partial charge in [0.1, 0.15) is 5.75 Å². The van der Waals surface area contributed by atoms with Crippen molar-refractivity contribution in [2.24, 2.45) is 0 Å². The molecule has 0 unspecified atom stereocenters. The Hall–Kier alpha value is -1.25. The van der Waals surface area contributed by atoms with Crippen LogP contribution in [0.25, 0.3) is 0 Å². The zero-order valence-electron chi connectivity index (χ0n) is 9.20. The van der Waals surface area contributed by atoms with Crippen molar-refractivity contribution in [2.45, 2.75) is 38.0 Å². The minimum atomic E-state index is 0.564. The van der Waals surface area contributed by atoms with Crippen LogP contribution in [-0.2, 0) is 0 Å². The number of ether oxygens (including phenoxy) is 1. The number of nitrogens with two attached hydrogens (primary N) is 1. The molecule has 1 aliphatic rings.